The number of nitrogens with zero attached hydrogens (tertiary/aromatic N) is 1. The Hall–Kier alpha value is -1.90. The number of rotatable bonds is 4. The van der Waals surface area contributed by atoms with Crippen LogP contribution >= 0.6 is 0 Å². The first-order valence-electron chi connectivity index (χ1n) is 9.89. The lowest BCUT2D eigenvalue weighted by atomic mass is 9.73. The standard InChI is InChI=1S/C22H24F3NO3S/c1-26-19(12-14-6-4-3-5-7-14)18-10-8-15-13-16(22(23,24)25)9-11-17(15)20(18)21(26)29-30(2,27)28/h3-7,9,11,13,18-21H,8,10,12H2,1-2H3. The third kappa shape index (κ3) is 4.13. The van der Waals surface area contributed by atoms with Gasteiger partial charge in [0.1, 0.15) is 6.23 Å². The largest absolute Gasteiger partial charge is 0.416 e. The summed E-state index contributed by atoms with van der Waals surface area (Å²) in [5.41, 5.74) is 1.84. The number of halogens is 3. The van der Waals surface area contributed by atoms with Crippen LogP contribution in [0.4, 0.5) is 13.2 Å². The van der Waals surface area contributed by atoms with Gasteiger partial charge in [0.25, 0.3) is 10.1 Å². The van der Waals surface area contributed by atoms with Crippen molar-refractivity contribution >= 4 is 10.1 Å². The van der Waals surface area contributed by atoms with Crippen molar-refractivity contribution in [2.45, 2.75) is 43.6 Å². The molecule has 1 heterocycles. The van der Waals surface area contributed by atoms with E-state index in [1.54, 1.807) is 0 Å². The van der Waals surface area contributed by atoms with E-state index in [0.29, 0.717) is 18.4 Å². The number of hydrogen-bond donors (Lipinski definition) is 0. The average Bonchev–Trinajstić information content (AvgIpc) is 2.92. The molecular formula is C22H24F3NO3S. The number of aryl methyl sites for hydroxylation is 1. The Kier molecular flexibility index (Phi) is 5.45. The molecule has 0 saturated carbocycles. The Morgan fingerprint density at radius 2 is 1.83 bits per heavy atom. The molecule has 0 radical (unpaired) electrons. The van der Waals surface area contributed by atoms with Gasteiger partial charge in [-0.15, -0.1) is 0 Å². The molecule has 2 aromatic carbocycles. The molecule has 4 nitrogen and oxygen atoms in total. The zero-order valence-corrected chi connectivity index (χ0v) is 17.6. The molecule has 162 valence electrons. The van der Waals surface area contributed by atoms with Gasteiger partial charge in [-0.3, -0.25) is 9.08 Å². The molecule has 2 aromatic rings. The lowest BCUT2D eigenvalue weighted by molar-refractivity contribution is -0.137. The van der Waals surface area contributed by atoms with Crippen LogP contribution in [0.1, 0.15) is 34.6 Å². The van der Waals surface area contributed by atoms with E-state index in [2.05, 4.69) is 0 Å². The second kappa shape index (κ2) is 7.66. The Morgan fingerprint density at radius 1 is 1.13 bits per heavy atom. The topological polar surface area (TPSA) is 46.6 Å². The van der Waals surface area contributed by atoms with Crippen LogP contribution in [0.25, 0.3) is 0 Å². The summed E-state index contributed by atoms with van der Waals surface area (Å²) >= 11 is 0. The van der Waals surface area contributed by atoms with E-state index in [1.165, 1.54) is 12.1 Å². The van der Waals surface area contributed by atoms with Crippen LogP contribution < -0.4 is 0 Å². The minimum Gasteiger partial charge on any atom is -0.276 e. The fourth-order valence-corrected chi connectivity index (χ4v) is 5.67. The molecule has 30 heavy (non-hydrogen) atoms. The summed E-state index contributed by atoms with van der Waals surface area (Å²) in [7, 11) is -1.90. The van der Waals surface area contributed by atoms with Crippen molar-refractivity contribution in [3.63, 3.8) is 0 Å². The summed E-state index contributed by atoms with van der Waals surface area (Å²) < 4.78 is 69.0. The summed E-state index contributed by atoms with van der Waals surface area (Å²) in [6.07, 6.45) is -2.20. The van der Waals surface area contributed by atoms with Gasteiger partial charge >= 0.3 is 6.18 Å². The molecule has 4 rings (SSSR count). The van der Waals surface area contributed by atoms with Crippen LogP contribution in [0, 0.1) is 5.92 Å². The minimum absolute atomic E-state index is 0.0274. The Morgan fingerprint density at radius 3 is 2.47 bits per heavy atom. The number of likely N-dealkylation sites (N-methyl/N-ethyl adjacent to an activating group) is 1. The average molecular weight is 439 g/mol. The van der Waals surface area contributed by atoms with Crippen molar-refractivity contribution in [2.24, 2.45) is 5.92 Å². The van der Waals surface area contributed by atoms with Crippen LogP contribution in [0.2, 0.25) is 0 Å². The highest BCUT2D eigenvalue weighted by Gasteiger charge is 2.51. The number of likely N-dealkylation sites (tertiary alicyclic amines) is 1. The first kappa shape index (κ1) is 21.3. The number of alkyl halides is 3. The van der Waals surface area contributed by atoms with Crippen LogP contribution in [0.3, 0.4) is 0 Å². The van der Waals surface area contributed by atoms with Gasteiger partial charge in [0, 0.05) is 12.0 Å². The Labute approximate surface area is 174 Å². The van der Waals surface area contributed by atoms with Crippen molar-refractivity contribution in [3.8, 4) is 0 Å². The third-order valence-corrected chi connectivity index (χ3v) is 6.87. The predicted molar refractivity (Wildman–Crippen MR) is 107 cm³/mol. The second-order valence-corrected chi connectivity index (χ2v) is 9.85. The van der Waals surface area contributed by atoms with Gasteiger partial charge in [-0.2, -0.15) is 21.6 Å². The molecule has 0 N–H and O–H groups in total. The Balaban J connectivity index is 1.74. The van der Waals surface area contributed by atoms with E-state index in [9.17, 15) is 21.6 Å². The quantitative estimate of drug-likeness (QED) is 0.670. The minimum atomic E-state index is -4.41. The van der Waals surface area contributed by atoms with Crippen LogP contribution in [0.15, 0.2) is 48.5 Å². The molecule has 4 unspecified atom stereocenters. The fourth-order valence-electron chi connectivity index (χ4n) is 5.05. The van der Waals surface area contributed by atoms with Gasteiger partial charge in [0.15, 0.2) is 0 Å². The van der Waals surface area contributed by atoms with E-state index < -0.39 is 28.1 Å². The molecule has 0 amide bonds. The summed E-state index contributed by atoms with van der Waals surface area (Å²) in [6, 6.07) is 13.7. The van der Waals surface area contributed by atoms with E-state index in [-0.39, 0.29) is 17.9 Å². The molecule has 0 bridgehead atoms. The van der Waals surface area contributed by atoms with Gasteiger partial charge in [0.2, 0.25) is 0 Å². The predicted octanol–water partition coefficient (Wildman–Crippen LogP) is 4.21. The molecule has 8 heteroatoms. The normalized spacial score (nSPS) is 27.0. The molecule has 2 aliphatic rings. The highest BCUT2D eigenvalue weighted by molar-refractivity contribution is 7.86. The van der Waals surface area contributed by atoms with E-state index in [0.717, 1.165) is 29.9 Å². The molecular weight excluding hydrogens is 415 g/mol. The molecule has 1 aliphatic heterocycles. The zero-order chi connectivity index (χ0) is 21.7. The molecule has 0 spiro atoms. The monoisotopic (exact) mass is 439 g/mol. The fraction of sp³-hybridized carbons (Fsp3) is 0.455. The van der Waals surface area contributed by atoms with Gasteiger partial charge in [-0.05, 0) is 61.1 Å². The van der Waals surface area contributed by atoms with Gasteiger partial charge in [-0.1, -0.05) is 36.4 Å². The van der Waals surface area contributed by atoms with Crippen molar-refractivity contribution in [1.29, 1.82) is 0 Å². The number of fused-ring (bicyclic) bond motifs is 3. The maximum absolute atomic E-state index is 13.2. The van der Waals surface area contributed by atoms with E-state index in [1.807, 2.05) is 42.3 Å². The number of hydrogen-bond acceptors (Lipinski definition) is 4. The van der Waals surface area contributed by atoms with E-state index >= 15 is 0 Å². The maximum atomic E-state index is 13.2. The van der Waals surface area contributed by atoms with Crippen molar-refractivity contribution in [3.05, 3.63) is 70.8 Å². The first-order valence-corrected chi connectivity index (χ1v) is 11.7. The van der Waals surface area contributed by atoms with E-state index in [4.69, 9.17) is 4.18 Å². The molecule has 1 aliphatic carbocycles. The van der Waals surface area contributed by atoms with Crippen LogP contribution in [-0.4, -0.2) is 38.9 Å². The lowest BCUT2D eigenvalue weighted by Crippen LogP contribution is -2.38. The summed E-state index contributed by atoms with van der Waals surface area (Å²) in [6.45, 7) is 0. The zero-order valence-electron chi connectivity index (χ0n) is 16.8. The van der Waals surface area contributed by atoms with Gasteiger partial charge in [0.05, 0.1) is 11.8 Å². The number of benzene rings is 2. The Bertz CT molecular complexity index is 1020. The molecule has 4 atom stereocenters. The summed E-state index contributed by atoms with van der Waals surface area (Å²) in [4.78, 5) is 1.94. The van der Waals surface area contributed by atoms with Crippen LogP contribution in [-0.2, 0) is 33.3 Å². The maximum Gasteiger partial charge on any atom is 0.416 e. The van der Waals surface area contributed by atoms with Crippen LogP contribution in [0.5, 0.6) is 0 Å². The second-order valence-electron chi connectivity index (χ2n) is 8.25. The third-order valence-electron chi connectivity index (χ3n) is 6.32. The summed E-state index contributed by atoms with van der Waals surface area (Å²) in [5, 5.41) is 0. The highest BCUT2D eigenvalue weighted by atomic mass is 32.2. The smallest absolute Gasteiger partial charge is 0.276 e. The SMILES string of the molecule is CN1C(Cc2ccccc2)C2CCc3cc(C(F)(F)F)ccc3C2C1OS(C)(=O)=O. The van der Waals surface area contributed by atoms with Gasteiger partial charge < -0.3 is 0 Å². The van der Waals surface area contributed by atoms with Crippen molar-refractivity contribution in [1.82, 2.24) is 4.90 Å². The summed E-state index contributed by atoms with van der Waals surface area (Å²) in [5.74, 6) is -0.212. The molecule has 0 aromatic heterocycles. The van der Waals surface area contributed by atoms with Crippen molar-refractivity contribution < 1.29 is 25.8 Å². The van der Waals surface area contributed by atoms with Gasteiger partial charge in [-0.25, -0.2) is 0 Å². The first-order chi connectivity index (χ1) is 14.0. The van der Waals surface area contributed by atoms with Crippen molar-refractivity contribution in [2.75, 3.05) is 13.3 Å². The highest BCUT2D eigenvalue weighted by Crippen LogP contribution is 2.50. The lowest BCUT2D eigenvalue weighted by Gasteiger charge is -2.32. The molecule has 1 saturated heterocycles. The molecule has 1 fully saturated rings.